The van der Waals surface area contributed by atoms with Crippen LogP contribution in [0, 0.1) is 5.82 Å². The van der Waals surface area contributed by atoms with Gasteiger partial charge in [0, 0.05) is 30.0 Å². The van der Waals surface area contributed by atoms with Crippen molar-refractivity contribution in [1.29, 1.82) is 0 Å². The van der Waals surface area contributed by atoms with Crippen molar-refractivity contribution >= 4 is 17.2 Å². The average molecular weight is 280 g/mol. The van der Waals surface area contributed by atoms with E-state index in [1.165, 1.54) is 17.1 Å². The molecular formula is C14H17FN2OS. The minimum atomic E-state index is -0.424. The minimum Gasteiger partial charge on any atom is -0.392 e. The number of aliphatic hydroxyl groups excluding tert-OH is 1. The summed E-state index contributed by atoms with van der Waals surface area (Å²) in [6.07, 6.45) is 2.08. The van der Waals surface area contributed by atoms with Gasteiger partial charge in [0.25, 0.3) is 0 Å². The van der Waals surface area contributed by atoms with Crippen molar-refractivity contribution < 1.29 is 9.50 Å². The van der Waals surface area contributed by atoms with Gasteiger partial charge in [-0.25, -0.2) is 9.37 Å². The van der Waals surface area contributed by atoms with Crippen molar-refractivity contribution in [2.24, 2.45) is 0 Å². The lowest BCUT2D eigenvalue weighted by atomic mass is 10.1. The fourth-order valence-electron chi connectivity index (χ4n) is 1.97. The molecule has 1 unspecified atom stereocenters. The van der Waals surface area contributed by atoms with Crippen LogP contribution in [0.15, 0.2) is 29.8 Å². The van der Waals surface area contributed by atoms with Gasteiger partial charge in [0.1, 0.15) is 11.6 Å². The highest BCUT2D eigenvalue weighted by Crippen LogP contribution is 2.22. The van der Waals surface area contributed by atoms with E-state index in [4.69, 9.17) is 0 Å². The summed E-state index contributed by atoms with van der Waals surface area (Å²) in [6, 6.07) is 5.68. The van der Waals surface area contributed by atoms with Gasteiger partial charge in [0.05, 0.1) is 12.8 Å². The fourth-order valence-corrected chi connectivity index (χ4v) is 2.80. The molecule has 0 bridgehead atoms. The molecule has 0 amide bonds. The lowest BCUT2D eigenvalue weighted by Crippen LogP contribution is -2.32. The van der Waals surface area contributed by atoms with E-state index in [9.17, 15) is 9.50 Å². The molecule has 0 spiro atoms. The van der Waals surface area contributed by atoms with Gasteiger partial charge in [0.15, 0.2) is 0 Å². The van der Waals surface area contributed by atoms with Crippen LogP contribution in [0.25, 0.3) is 0 Å². The van der Waals surface area contributed by atoms with Crippen LogP contribution in [0.1, 0.15) is 17.4 Å². The Balaban J connectivity index is 2.16. The zero-order valence-electron chi connectivity index (χ0n) is 11.0. The molecule has 0 aliphatic heterocycles. The highest BCUT2D eigenvalue weighted by atomic mass is 32.1. The van der Waals surface area contributed by atoms with E-state index in [-0.39, 0.29) is 12.6 Å². The summed E-state index contributed by atoms with van der Waals surface area (Å²) in [7, 11) is 1.91. The van der Waals surface area contributed by atoms with Crippen LogP contribution >= 0.6 is 11.3 Å². The Labute approximate surface area is 116 Å². The highest BCUT2D eigenvalue weighted by molar-refractivity contribution is 7.09. The first kappa shape index (κ1) is 14.0. The molecule has 2 aromatic rings. The number of halogens is 1. The van der Waals surface area contributed by atoms with E-state index >= 15 is 0 Å². The lowest BCUT2D eigenvalue weighted by Gasteiger charge is -2.27. The molecule has 1 atom stereocenters. The zero-order valence-corrected chi connectivity index (χ0v) is 11.8. The van der Waals surface area contributed by atoms with Crippen LogP contribution in [0.5, 0.6) is 0 Å². The van der Waals surface area contributed by atoms with Gasteiger partial charge >= 0.3 is 0 Å². The van der Waals surface area contributed by atoms with Crippen LogP contribution in [0.2, 0.25) is 0 Å². The average Bonchev–Trinajstić information content (AvgIpc) is 2.90. The van der Waals surface area contributed by atoms with Gasteiger partial charge in [-0.2, -0.15) is 0 Å². The number of thiophene rings is 1. The van der Waals surface area contributed by atoms with Gasteiger partial charge in [0.2, 0.25) is 0 Å². The van der Waals surface area contributed by atoms with E-state index in [0.717, 1.165) is 6.42 Å². The van der Waals surface area contributed by atoms with Gasteiger partial charge in [-0.3, -0.25) is 0 Å². The molecule has 2 rings (SSSR count). The third-order valence-corrected chi connectivity index (χ3v) is 4.05. The standard InChI is InChI=1S/C14H17FN2OS/c1-10(6-13-4-3-5-19-13)17(2)14-11(9-18)7-12(15)8-16-14/h3-5,7-8,10,18H,6,9H2,1-2H3. The number of likely N-dealkylation sites (N-methyl/N-ethyl adjacent to an activating group) is 1. The maximum atomic E-state index is 13.1. The largest absolute Gasteiger partial charge is 0.392 e. The molecule has 2 aromatic heterocycles. The molecule has 3 nitrogen and oxygen atoms in total. The molecule has 0 aliphatic rings. The first-order valence-corrected chi connectivity index (χ1v) is 7.00. The summed E-state index contributed by atoms with van der Waals surface area (Å²) in [5.74, 6) is 0.208. The summed E-state index contributed by atoms with van der Waals surface area (Å²) in [4.78, 5) is 7.37. The second-order valence-corrected chi connectivity index (χ2v) is 5.57. The Kier molecular flexibility index (Phi) is 4.50. The Morgan fingerprint density at radius 1 is 1.53 bits per heavy atom. The minimum absolute atomic E-state index is 0.212. The number of hydrogen-bond acceptors (Lipinski definition) is 4. The highest BCUT2D eigenvalue weighted by Gasteiger charge is 2.16. The van der Waals surface area contributed by atoms with Crippen molar-refractivity contribution in [2.45, 2.75) is 26.0 Å². The number of nitrogens with zero attached hydrogens (tertiary/aromatic N) is 2. The van der Waals surface area contributed by atoms with Crippen LogP contribution in [-0.4, -0.2) is 23.2 Å². The molecule has 0 radical (unpaired) electrons. The maximum absolute atomic E-state index is 13.1. The second kappa shape index (κ2) is 6.12. The molecule has 19 heavy (non-hydrogen) atoms. The molecule has 102 valence electrons. The van der Waals surface area contributed by atoms with Crippen LogP contribution in [-0.2, 0) is 13.0 Å². The Morgan fingerprint density at radius 3 is 2.95 bits per heavy atom. The van der Waals surface area contributed by atoms with E-state index < -0.39 is 5.82 Å². The molecule has 0 saturated carbocycles. The van der Waals surface area contributed by atoms with Gasteiger partial charge in [-0.1, -0.05) is 6.07 Å². The van der Waals surface area contributed by atoms with Crippen molar-refractivity contribution in [1.82, 2.24) is 4.98 Å². The van der Waals surface area contributed by atoms with Crippen LogP contribution < -0.4 is 4.90 Å². The van der Waals surface area contributed by atoms with E-state index in [1.54, 1.807) is 11.3 Å². The summed E-state index contributed by atoms with van der Waals surface area (Å²) >= 11 is 1.72. The maximum Gasteiger partial charge on any atom is 0.142 e. The Bertz CT molecular complexity index is 530. The molecule has 0 aliphatic carbocycles. The summed E-state index contributed by atoms with van der Waals surface area (Å²) in [6.45, 7) is 1.88. The molecule has 0 saturated heterocycles. The third-order valence-electron chi connectivity index (χ3n) is 3.15. The first-order valence-electron chi connectivity index (χ1n) is 6.12. The Hall–Kier alpha value is -1.46. The topological polar surface area (TPSA) is 36.4 Å². The number of anilines is 1. The van der Waals surface area contributed by atoms with Crippen molar-refractivity contribution in [3.8, 4) is 0 Å². The van der Waals surface area contributed by atoms with Crippen molar-refractivity contribution in [3.05, 3.63) is 46.0 Å². The molecule has 2 heterocycles. The SMILES string of the molecule is CC(Cc1cccs1)N(C)c1ncc(F)cc1CO. The fraction of sp³-hybridized carbons (Fsp3) is 0.357. The normalized spacial score (nSPS) is 12.4. The van der Waals surface area contributed by atoms with Crippen molar-refractivity contribution in [2.75, 3.05) is 11.9 Å². The van der Waals surface area contributed by atoms with Gasteiger partial charge in [-0.15, -0.1) is 11.3 Å². The number of pyridine rings is 1. The number of rotatable bonds is 5. The molecule has 5 heteroatoms. The predicted molar refractivity (Wildman–Crippen MR) is 76.0 cm³/mol. The van der Waals surface area contributed by atoms with Crippen LogP contribution in [0.3, 0.4) is 0 Å². The van der Waals surface area contributed by atoms with E-state index in [2.05, 4.69) is 23.4 Å². The molecule has 0 fully saturated rings. The third kappa shape index (κ3) is 3.30. The van der Waals surface area contributed by atoms with Gasteiger partial charge in [-0.05, 0) is 24.4 Å². The molecule has 0 aromatic carbocycles. The summed E-state index contributed by atoms with van der Waals surface area (Å²) < 4.78 is 13.1. The second-order valence-electron chi connectivity index (χ2n) is 4.54. The first-order chi connectivity index (χ1) is 9.11. The van der Waals surface area contributed by atoms with Crippen LogP contribution in [0.4, 0.5) is 10.2 Å². The molecular weight excluding hydrogens is 263 g/mol. The number of aromatic nitrogens is 1. The van der Waals surface area contributed by atoms with E-state index in [0.29, 0.717) is 11.4 Å². The molecule has 1 N–H and O–H groups in total. The smallest absolute Gasteiger partial charge is 0.142 e. The number of aliphatic hydroxyl groups is 1. The Morgan fingerprint density at radius 2 is 2.32 bits per heavy atom. The summed E-state index contributed by atoms with van der Waals surface area (Å²) in [5, 5.41) is 11.4. The predicted octanol–water partition coefficient (Wildman–Crippen LogP) is 2.84. The zero-order chi connectivity index (χ0) is 13.8. The van der Waals surface area contributed by atoms with E-state index in [1.807, 2.05) is 18.0 Å². The summed E-state index contributed by atoms with van der Waals surface area (Å²) in [5.41, 5.74) is 0.514. The number of hydrogen-bond donors (Lipinski definition) is 1. The van der Waals surface area contributed by atoms with Gasteiger partial charge < -0.3 is 10.0 Å². The monoisotopic (exact) mass is 280 g/mol. The lowest BCUT2D eigenvalue weighted by molar-refractivity contribution is 0.281. The van der Waals surface area contributed by atoms with Crippen molar-refractivity contribution in [3.63, 3.8) is 0 Å². The quantitative estimate of drug-likeness (QED) is 0.915.